The molecule has 24 heavy (non-hydrogen) atoms. The molecule has 0 atom stereocenters. The van der Waals surface area contributed by atoms with Gasteiger partial charge in [-0.1, -0.05) is 22.0 Å². The van der Waals surface area contributed by atoms with Crippen LogP contribution in [0.25, 0.3) is 0 Å². The van der Waals surface area contributed by atoms with Gasteiger partial charge in [0.15, 0.2) is 6.61 Å². The summed E-state index contributed by atoms with van der Waals surface area (Å²) in [5.41, 5.74) is -0.396. The maximum Gasteiger partial charge on any atom is 0.338 e. The summed E-state index contributed by atoms with van der Waals surface area (Å²) in [5, 5.41) is 12.9. The van der Waals surface area contributed by atoms with Crippen LogP contribution in [0, 0.1) is 15.9 Å². The predicted octanol–water partition coefficient (Wildman–Crippen LogP) is 3.29. The zero-order valence-corrected chi connectivity index (χ0v) is 13.6. The largest absolute Gasteiger partial charge is 0.452 e. The number of nitrogens with zero attached hydrogens (tertiary/aromatic N) is 1. The van der Waals surface area contributed by atoms with Crippen LogP contribution >= 0.6 is 15.9 Å². The van der Waals surface area contributed by atoms with E-state index in [0.29, 0.717) is 4.47 Å². The van der Waals surface area contributed by atoms with E-state index in [1.165, 1.54) is 36.4 Å². The Balaban J connectivity index is 1.95. The molecule has 2 aromatic carbocycles. The van der Waals surface area contributed by atoms with Crippen LogP contribution in [-0.2, 0) is 9.53 Å². The first-order valence-electron chi connectivity index (χ1n) is 6.53. The second-order valence-electron chi connectivity index (χ2n) is 4.56. The highest BCUT2D eigenvalue weighted by molar-refractivity contribution is 9.10. The van der Waals surface area contributed by atoms with E-state index in [1.807, 2.05) is 0 Å². The lowest BCUT2D eigenvalue weighted by molar-refractivity contribution is -0.384. The number of nitro groups is 1. The molecule has 0 radical (unpaired) electrons. The number of amides is 1. The lowest BCUT2D eigenvalue weighted by atomic mass is 10.2. The number of nitro benzene ring substituents is 1. The first-order valence-corrected chi connectivity index (χ1v) is 7.32. The number of carbonyl (C=O) groups excluding carboxylic acids is 2. The molecule has 0 aromatic heterocycles. The topological polar surface area (TPSA) is 98.5 Å². The summed E-state index contributed by atoms with van der Waals surface area (Å²) in [6, 6.07) is 8.96. The molecule has 0 aliphatic carbocycles. The summed E-state index contributed by atoms with van der Waals surface area (Å²) in [7, 11) is 0. The molecule has 7 nitrogen and oxygen atoms in total. The van der Waals surface area contributed by atoms with Crippen LogP contribution in [0.15, 0.2) is 46.9 Å². The van der Waals surface area contributed by atoms with Crippen molar-refractivity contribution in [2.24, 2.45) is 0 Å². The summed E-state index contributed by atoms with van der Waals surface area (Å²) in [6.45, 7) is -0.656. The molecule has 0 saturated carbocycles. The third-order valence-corrected chi connectivity index (χ3v) is 3.33. The molecule has 9 heteroatoms. The zero-order valence-electron chi connectivity index (χ0n) is 12.0. The van der Waals surface area contributed by atoms with Crippen LogP contribution in [0.4, 0.5) is 15.8 Å². The first-order chi connectivity index (χ1) is 11.4. The highest BCUT2D eigenvalue weighted by Gasteiger charge is 2.15. The van der Waals surface area contributed by atoms with E-state index in [9.17, 15) is 24.1 Å². The van der Waals surface area contributed by atoms with Crippen molar-refractivity contribution in [1.82, 2.24) is 0 Å². The van der Waals surface area contributed by atoms with Crippen LogP contribution in [0.3, 0.4) is 0 Å². The van der Waals surface area contributed by atoms with Gasteiger partial charge in [0.2, 0.25) is 0 Å². The molecule has 0 fully saturated rings. The van der Waals surface area contributed by atoms with Crippen LogP contribution in [0.2, 0.25) is 0 Å². The third-order valence-electron chi connectivity index (χ3n) is 2.83. The van der Waals surface area contributed by atoms with Gasteiger partial charge in [0, 0.05) is 16.6 Å². The third kappa shape index (κ3) is 4.59. The molecule has 1 N–H and O–H groups in total. The van der Waals surface area contributed by atoms with Crippen molar-refractivity contribution >= 4 is 39.2 Å². The van der Waals surface area contributed by atoms with Crippen molar-refractivity contribution in [1.29, 1.82) is 0 Å². The quantitative estimate of drug-likeness (QED) is 0.474. The Morgan fingerprint density at radius 2 is 2.00 bits per heavy atom. The van der Waals surface area contributed by atoms with E-state index >= 15 is 0 Å². The minimum atomic E-state index is -0.898. The Hall–Kier alpha value is -2.81. The Morgan fingerprint density at radius 1 is 1.25 bits per heavy atom. The molecule has 1 amide bonds. The van der Waals surface area contributed by atoms with Crippen molar-refractivity contribution < 1.29 is 23.6 Å². The molecule has 0 heterocycles. The van der Waals surface area contributed by atoms with Crippen molar-refractivity contribution in [3.05, 3.63) is 68.4 Å². The number of hydrogen-bond acceptors (Lipinski definition) is 5. The number of non-ortho nitro benzene ring substituents is 1. The van der Waals surface area contributed by atoms with Crippen molar-refractivity contribution in [2.45, 2.75) is 0 Å². The average molecular weight is 397 g/mol. The van der Waals surface area contributed by atoms with Crippen LogP contribution in [-0.4, -0.2) is 23.4 Å². The van der Waals surface area contributed by atoms with Gasteiger partial charge in [-0.15, -0.1) is 0 Å². The Bertz CT molecular complexity index is 812. The van der Waals surface area contributed by atoms with Gasteiger partial charge in [-0.3, -0.25) is 14.9 Å². The van der Waals surface area contributed by atoms with Crippen molar-refractivity contribution in [2.75, 3.05) is 11.9 Å². The molecule has 2 rings (SSSR count). The van der Waals surface area contributed by atoms with Gasteiger partial charge in [-0.2, -0.15) is 0 Å². The molecule has 0 spiro atoms. The van der Waals surface area contributed by atoms with E-state index in [4.69, 9.17) is 4.74 Å². The average Bonchev–Trinajstić information content (AvgIpc) is 2.55. The Kier molecular flexibility index (Phi) is 5.59. The molecular formula is C15H10BrFN2O5. The number of rotatable bonds is 5. The van der Waals surface area contributed by atoms with Gasteiger partial charge in [0.25, 0.3) is 11.6 Å². The Labute approximate surface area is 143 Å². The highest BCUT2D eigenvalue weighted by Crippen LogP contribution is 2.19. The SMILES string of the molecule is O=C(COC(=O)c1cccc([N+](=O)[O-])c1)Nc1ccc(Br)cc1F. The number of halogens is 2. The smallest absolute Gasteiger partial charge is 0.338 e. The lowest BCUT2D eigenvalue weighted by Crippen LogP contribution is -2.21. The monoisotopic (exact) mass is 396 g/mol. The summed E-state index contributed by atoms with van der Waals surface area (Å²) in [4.78, 5) is 33.5. The number of ether oxygens (including phenoxy) is 1. The van der Waals surface area contributed by atoms with E-state index in [-0.39, 0.29) is 16.9 Å². The fourth-order valence-electron chi connectivity index (χ4n) is 1.74. The van der Waals surface area contributed by atoms with Gasteiger partial charge in [0.1, 0.15) is 5.82 Å². The lowest BCUT2D eigenvalue weighted by Gasteiger charge is -2.07. The summed E-state index contributed by atoms with van der Waals surface area (Å²) >= 11 is 3.08. The van der Waals surface area contributed by atoms with Gasteiger partial charge in [-0.25, -0.2) is 9.18 Å². The minimum Gasteiger partial charge on any atom is -0.452 e. The molecule has 0 aliphatic heterocycles. The second-order valence-corrected chi connectivity index (χ2v) is 5.47. The summed E-state index contributed by atoms with van der Waals surface area (Å²) in [6.07, 6.45) is 0. The first kappa shape index (κ1) is 17.5. The fourth-order valence-corrected chi connectivity index (χ4v) is 2.07. The van der Waals surface area contributed by atoms with Crippen LogP contribution in [0.1, 0.15) is 10.4 Å². The maximum atomic E-state index is 13.6. The summed E-state index contributed by atoms with van der Waals surface area (Å²) in [5.74, 6) is -2.29. The molecule has 0 saturated heterocycles. The molecule has 2 aromatic rings. The number of esters is 1. The molecule has 124 valence electrons. The molecular weight excluding hydrogens is 387 g/mol. The van der Waals surface area contributed by atoms with E-state index < -0.39 is 29.2 Å². The maximum absolute atomic E-state index is 13.6. The minimum absolute atomic E-state index is 0.0606. The van der Waals surface area contributed by atoms with Crippen LogP contribution in [0.5, 0.6) is 0 Å². The van der Waals surface area contributed by atoms with E-state index in [2.05, 4.69) is 21.2 Å². The van der Waals surface area contributed by atoms with Crippen molar-refractivity contribution in [3.8, 4) is 0 Å². The number of anilines is 1. The molecule has 0 bridgehead atoms. The van der Waals surface area contributed by atoms with Gasteiger partial charge in [0.05, 0.1) is 16.2 Å². The second kappa shape index (κ2) is 7.64. The Morgan fingerprint density at radius 3 is 2.67 bits per heavy atom. The van der Waals surface area contributed by atoms with Crippen LogP contribution < -0.4 is 5.32 Å². The number of nitrogens with one attached hydrogen (secondary N) is 1. The van der Waals surface area contributed by atoms with Gasteiger partial charge in [-0.05, 0) is 24.3 Å². The molecule has 0 unspecified atom stereocenters. The predicted molar refractivity (Wildman–Crippen MR) is 86.1 cm³/mol. The number of carbonyl (C=O) groups is 2. The van der Waals surface area contributed by atoms with Gasteiger partial charge < -0.3 is 10.1 Å². The van der Waals surface area contributed by atoms with E-state index in [0.717, 1.165) is 6.07 Å². The van der Waals surface area contributed by atoms with Crippen molar-refractivity contribution in [3.63, 3.8) is 0 Å². The van der Waals surface area contributed by atoms with Gasteiger partial charge >= 0.3 is 5.97 Å². The number of hydrogen-bond donors (Lipinski definition) is 1. The standard InChI is InChI=1S/C15H10BrFN2O5/c16-10-4-5-13(12(17)7-10)18-14(20)8-24-15(21)9-2-1-3-11(6-9)19(22)23/h1-7H,8H2,(H,18,20). The fraction of sp³-hybridized carbons (Fsp3) is 0.0667. The summed E-state index contributed by atoms with van der Waals surface area (Å²) < 4.78 is 18.8. The zero-order chi connectivity index (χ0) is 17.7. The molecule has 0 aliphatic rings. The number of benzene rings is 2. The highest BCUT2D eigenvalue weighted by atomic mass is 79.9. The normalized spacial score (nSPS) is 10.1. The van der Waals surface area contributed by atoms with E-state index in [1.54, 1.807) is 0 Å².